The summed E-state index contributed by atoms with van der Waals surface area (Å²) < 4.78 is 0. The van der Waals surface area contributed by atoms with Gasteiger partial charge in [0.15, 0.2) is 0 Å². The van der Waals surface area contributed by atoms with Gasteiger partial charge in [-0.25, -0.2) is 0 Å². The number of carbonyl (C=O) groups is 2. The summed E-state index contributed by atoms with van der Waals surface area (Å²) in [6, 6.07) is 12.5. The molecular weight excluding hydrogens is 338 g/mol. The van der Waals surface area contributed by atoms with E-state index in [-0.39, 0.29) is 17.7 Å². The molecule has 0 radical (unpaired) electrons. The maximum atomic E-state index is 12.5. The average molecular weight is 358 g/mol. The molecule has 0 saturated carbocycles. The third kappa shape index (κ3) is 4.57. The number of hydrogen-bond donors (Lipinski definition) is 1. The molecule has 3 rings (SSSR count). The van der Waals surface area contributed by atoms with E-state index in [2.05, 4.69) is 10.3 Å². The Morgan fingerprint density at radius 3 is 2.48 bits per heavy atom. The van der Waals surface area contributed by atoms with Gasteiger partial charge in [-0.1, -0.05) is 17.7 Å². The largest absolute Gasteiger partial charge is 0.350 e. The summed E-state index contributed by atoms with van der Waals surface area (Å²) in [6.07, 6.45) is 3.06. The van der Waals surface area contributed by atoms with Crippen LogP contribution >= 0.6 is 11.6 Å². The number of aromatic nitrogens is 1. The molecule has 0 unspecified atom stereocenters. The number of piperidine rings is 1. The minimum absolute atomic E-state index is 0.0102. The smallest absolute Gasteiger partial charge is 0.253 e. The lowest BCUT2D eigenvalue weighted by Crippen LogP contribution is -2.43. The zero-order valence-electron chi connectivity index (χ0n) is 13.8. The number of rotatable bonds is 4. The van der Waals surface area contributed by atoms with Crippen molar-refractivity contribution in [1.82, 2.24) is 15.2 Å². The molecule has 1 aromatic carbocycles. The van der Waals surface area contributed by atoms with Gasteiger partial charge in [0.2, 0.25) is 5.91 Å². The van der Waals surface area contributed by atoms with Crippen molar-refractivity contribution in [3.05, 3.63) is 64.9 Å². The molecule has 1 fully saturated rings. The SMILES string of the molecule is O=C(NCc1ccccn1)C1CCN(C(=O)c2ccc(Cl)cc2)CC1. The van der Waals surface area contributed by atoms with E-state index in [1.54, 1.807) is 35.4 Å². The van der Waals surface area contributed by atoms with Crippen LogP contribution in [0.5, 0.6) is 0 Å². The van der Waals surface area contributed by atoms with Crippen LogP contribution in [0.2, 0.25) is 5.02 Å². The summed E-state index contributed by atoms with van der Waals surface area (Å²) in [6.45, 7) is 1.61. The third-order valence-corrected chi connectivity index (χ3v) is 4.67. The highest BCUT2D eigenvalue weighted by molar-refractivity contribution is 6.30. The van der Waals surface area contributed by atoms with Crippen LogP contribution < -0.4 is 5.32 Å². The molecule has 2 aromatic rings. The van der Waals surface area contributed by atoms with E-state index in [1.807, 2.05) is 18.2 Å². The zero-order chi connectivity index (χ0) is 17.6. The quantitative estimate of drug-likeness (QED) is 0.915. The predicted molar refractivity (Wildman–Crippen MR) is 96.2 cm³/mol. The van der Waals surface area contributed by atoms with Crippen molar-refractivity contribution in [2.24, 2.45) is 5.92 Å². The first kappa shape index (κ1) is 17.4. The number of carbonyl (C=O) groups excluding carboxylic acids is 2. The number of pyridine rings is 1. The van der Waals surface area contributed by atoms with Gasteiger partial charge < -0.3 is 10.2 Å². The summed E-state index contributed by atoms with van der Waals surface area (Å²) in [7, 11) is 0. The number of amides is 2. The van der Waals surface area contributed by atoms with Crippen molar-refractivity contribution < 1.29 is 9.59 Å². The molecule has 1 aliphatic heterocycles. The highest BCUT2D eigenvalue weighted by Gasteiger charge is 2.27. The molecule has 2 heterocycles. The molecule has 2 amide bonds. The number of nitrogens with zero attached hydrogens (tertiary/aromatic N) is 2. The molecule has 1 N–H and O–H groups in total. The van der Waals surface area contributed by atoms with Crippen molar-refractivity contribution in [1.29, 1.82) is 0 Å². The first-order valence-electron chi connectivity index (χ1n) is 8.36. The van der Waals surface area contributed by atoms with Crippen LogP contribution in [0.3, 0.4) is 0 Å². The highest BCUT2D eigenvalue weighted by Crippen LogP contribution is 2.20. The molecule has 0 aliphatic carbocycles. The van der Waals surface area contributed by atoms with Gasteiger partial charge in [-0.05, 0) is 49.2 Å². The Labute approximate surface area is 152 Å². The van der Waals surface area contributed by atoms with Gasteiger partial charge in [-0.2, -0.15) is 0 Å². The number of likely N-dealkylation sites (tertiary alicyclic amines) is 1. The van der Waals surface area contributed by atoms with Gasteiger partial charge in [-0.3, -0.25) is 14.6 Å². The van der Waals surface area contributed by atoms with E-state index in [0.29, 0.717) is 43.1 Å². The number of halogens is 1. The molecule has 1 aliphatic rings. The topological polar surface area (TPSA) is 62.3 Å². The molecule has 0 bridgehead atoms. The normalized spacial score (nSPS) is 15.0. The fourth-order valence-corrected chi connectivity index (χ4v) is 3.07. The van der Waals surface area contributed by atoms with E-state index in [4.69, 9.17) is 11.6 Å². The van der Waals surface area contributed by atoms with Crippen LogP contribution in [-0.4, -0.2) is 34.8 Å². The maximum Gasteiger partial charge on any atom is 0.253 e. The highest BCUT2D eigenvalue weighted by atomic mass is 35.5. The van der Waals surface area contributed by atoms with E-state index < -0.39 is 0 Å². The van der Waals surface area contributed by atoms with E-state index in [9.17, 15) is 9.59 Å². The molecule has 1 aromatic heterocycles. The van der Waals surface area contributed by atoms with E-state index in [0.717, 1.165) is 5.69 Å². The standard InChI is InChI=1S/C19H20ClN3O2/c20-16-6-4-15(5-7-16)19(25)23-11-8-14(9-12-23)18(24)22-13-17-3-1-2-10-21-17/h1-7,10,14H,8-9,11-13H2,(H,22,24). The predicted octanol–water partition coefficient (Wildman–Crippen LogP) is 2.90. The van der Waals surface area contributed by atoms with Gasteiger partial charge in [-0.15, -0.1) is 0 Å². The first-order valence-corrected chi connectivity index (χ1v) is 8.74. The van der Waals surface area contributed by atoms with Crippen LogP contribution in [0, 0.1) is 5.92 Å². The lowest BCUT2D eigenvalue weighted by Gasteiger charge is -2.31. The Balaban J connectivity index is 1.48. The zero-order valence-corrected chi connectivity index (χ0v) is 14.6. The fraction of sp³-hybridized carbons (Fsp3) is 0.316. The lowest BCUT2D eigenvalue weighted by atomic mass is 9.95. The van der Waals surface area contributed by atoms with Crippen molar-refractivity contribution in [2.45, 2.75) is 19.4 Å². The van der Waals surface area contributed by atoms with Gasteiger partial charge in [0, 0.05) is 35.8 Å². The lowest BCUT2D eigenvalue weighted by molar-refractivity contribution is -0.126. The molecule has 25 heavy (non-hydrogen) atoms. The second-order valence-corrected chi connectivity index (χ2v) is 6.55. The number of hydrogen-bond acceptors (Lipinski definition) is 3. The summed E-state index contributed by atoms with van der Waals surface area (Å²) in [5, 5.41) is 3.54. The van der Waals surface area contributed by atoms with Crippen LogP contribution in [0.1, 0.15) is 28.9 Å². The first-order chi connectivity index (χ1) is 12.1. The molecule has 0 spiro atoms. The van der Waals surface area contributed by atoms with Crippen LogP contribution in [0.4, 0.5) is 0 Å². The molecule has 1 saturated heterocycles. The second-order valence-electron chi connectivity index (χ2n) is 6.11. The summed E-state index contributed by atoms with van der Waals surface area (Å²) in [5.74, 6) is -0.0359. The summed E-state index contributed by atoms with van der Waals surface area (Å²) in [5.41, 5.74) is 1.47. The van der Waals surface area contributed by atoms with Crippen LogP contribution in [0.15, 0.2) is 48.7 Å². The Bertz CT molecular complexity index is 726. The van der Waals surface area contributed by atoms with Crippen LogP contribution in [-0.2, 0) is 11.3 Å². The van der Waals surface area contributed by atoms with Crippen molar-refractivity contribution >= 4 is 23.4 Å². The van der Waals surface area contributed by atoms with E-state index in [1.165, 1.54) is 0 Å². The molecule has 130 valence electrons. The summed E-state index contributed by atoms with van der Waals surface area (Å²) >= 11 is 5.86. The maximum absolute atomic E-state index is 12.5. The molecule has 5 nitrogen and oxygen atoms in total. The van der Waals surface area contributed by atoms with Crippen LogP contribution in [0.25, 0.3) is 0 Å². The Kier molecular flexibility index (Phi) is 5.66. The van der Waals surface area contributed by atoms with Crippen molar-refractivity contribution in [2.75, 3.05) is 13.1 Å². The molecular formula is C19H20ClN3O2. The third-order valence-electron chi connectivity index (χ3n) is 4.41. The van der Waals surface area contributed by atoms with Crippen molar-refractivity contribution in [3.8, 4) is 0 Å². The monoisotopic (exact) mass is 357 g/mol. The van der Waals surface area contributed by atoms with Crippen molar-refractivity contribution in [3.63, 3.8) is 0 Å². The van der Waals surface area contributed by atoms with Gasteiger partial charge in [0.1, 0.15) is 0 Å². The summed E-state index contributed by atoms with van der Waals surface area (Å²) in [4.78, 5) is 30.8. The Hall–Kier alpha value is -2.40. The second kappa shape index (κ2) is 8.12. The molecule has 0 atom stereocenters. The van der Waals surface area contributed by atoms with Gasteiger partial charge in [0.25, 0.3) is 5.91 Å². The van der Waals surface area contributed by atoms with Gasteiger partial charge in [0.05, 0.1) is 12.2 Å². The van der Waals surface area contributed by atoms with E-state index >= 15 is 0 Å². The minimum Gasteiger partial charge on any atom is -0.350 e. The van der Waals surface area contributed by atoms with Gasteiger partial charge >= 0.3 is 0 Å². The number of benzene rings is 1. The Morgan fingerprint density at radius 2 is 1.84 bits per heavy atom. The minimum atomic E-state index is -0.0574. The fourth-order valence-electron chi connectivity index (χ4n) is 2.94. The number of nitrogens with one attached hydrogen (secondary N) is 1. The average Bonchev–Trinajstić information content (AvgIpc) is 2.67. The molecule has 6 heteroatoms. The Morgan fingerprint density at radius 1 is 1.12 bits per heavy atom.